The van der Waals surface area contributed by atoms with Crippen molar-refractivity contribution >= 4 is 13.7 Å². The van der Waals surface area contributed by atoms with E-state index in [0.717, 1.165) is 44.9 Å². The number of hydrogen-bond donors (Lipinski definition) is 2. The molecule has 0 radical (unpaired) electrons. The van der Waals surface area contributed by atoms with Gasteiger partial charge in [0.2, 0.25) is 5.91 Å². The summed E-state index contributed by atoms with van der Waals surface area (Å²) in [5, 5.41) is 13.9. The van der Waals surface area contributed by atoms with E-state index in [1.807, 2.05) is 27.2 Å². The van der Waals surface area contributed by atoms with Crippen molar-refractivity contribution in [3.05, 3.63) is 36.5 Å². The van der Waals surface area contributed by atoms with E-state index in [2.05, 4.69) is 43.5 Å². The van der Waals surface area contributed by atoms with Gasteiger partial charge in [-0.1, -0.05) is 314 Å². The fourth-order valence-electron chi connectivity index (χ4n) is 9.95. The van der Waals surface area contributed by atoms with Gasteiger partial charge in [-0.2, -0.15) is 0 Å². The smallest absolute Gasteiger partial charge is 0.268 e. The summed E-state index contributed by atoms with van der Waals surface area (Å²) in [6.07, 6.45) is 75.6. The number of amides is 1. The Bertz CT molecular complexity index is 1320. The first-order valence-corrected chi connectivity index (χ1v) is 34.3. The van der Waals surface area contributed by atoms with E-state index in [0.29, 0.717) is 17.4 Å². The van der Waals surface area contributed by atoms with Gasteiger partial charge >= 0.3 is 0 Å². The molecule has 3 atom stereocenters. The number of aliphatic hydroxyl groups is 1. The van der Waals surface area contributed by atoms with Crippen molar-refractivity contribution in [2.24, 2.45) is 0 Å². The number of unbranched alkanes of at least 4 members (excludes halogenated alkanes) is 44. The van der Waals surface area contributed by atoms with Crippen LogP contribution in [0.4, 0.5) is 0 Å². The van der Waals surface area contributed by atoms with Crippen LogP contribution in [0.25, 0.3) is 0 Å². The van der Waals surface area contributed by atoms with Crippen molar-refractivity contribution in [2.75, 3.05) is 40.9 Å². The van der Waals surface area contributed by atoms with Crippen LogP contribution < -0.4 is 10.2 Å². The number of hydrogen-bond acceptors (Lipinski definition) is 6. The maximum atomic E-state index is 13.0. The molecular formula is C66H129N2O6P. The van der Waals surface area contributed by atoms with Gasteiger partial charge in [-0.3, -0.25) is 9.36 Å². The molecule has 0 spiro atoms. The highest BCUT2D eigenvalue weighted by Crippen LogP contribution is 2.38. The van der Waals surface area contributed by atoms with Crippen LogP contribution in [0, 0.1) is 0 Å². The number of phosphoric acid groups is 1. The molecule has 0 aliphatic heterocycles. The Kier molecular flexibility index (Phi) is 56.4. The molecule has 9 heteroatoms. The predicted octanol–water partition coefficient (Wildman–Crippen LogP) is 19.9. The quantitative estimate of drug-likeness (QED) is 0.0272. The van der Waals surface area contributed by atoms with Crippen LogP contribution in [0.1, 0.15) is 328 Å². The molecule has 0 aliphatic carbocycles. The molecule has 0 fully saturated rings. The zero-order valence-corrected chi connectivity index (χ0v) is 51.7. The highest BCUT2D eigenvalue weighted by Gasteiger charge is 2.23. The van der Waals surface area contributed by atoms with Crippen LogP contribution in [0.3, 0.4) is 0 Å². The minimum atomic E-state index is -4.61. The first kappa shape index (κ1) is 73.7. The van der Waals surface area contributed by atoms with Crippen molar-refractivity contribution in [2.45, 2.75) is 341 Å². The van der Waals surface area contributed by atoms with Gasteiger partial charge in [-0.15, -0.1) is 0 Å². The van der Waals surface area contributed by atoms with E-state index >= 15 is 0 Å². The zero-order valence-electron chi connectivity index (χ0n) is 50.8. The third-order valence-electron chi connectivity index (χ3n) is 15.1. The monoisotopic (exact) mass is 1080 g/mol. The summed E-state index contributed by atoms with van der Waals surface area (Å²) in [6, 6.07) is -0.908. The van der Waals surface area contributed by atoms with Gasteiger partial charge in [0.15, 0.2) is 0 Å². The Balaban J connectivity index is 4.00. The van der Waals surface area contributed by atoms with E-state index in [1.165, 1.54) is 263 Å². The third kappa shape index (κ3) is 60.2. The Morgan fingerprint density at radius 2 is 0.747 bits per heavy atom. The van der Waals surface area contributed by atoms with Crippen molar-refractivity contribution in [3.8, 4) is 0 Å². The highest BCUT2D eigenvalue weighted by molar-refractivity contribution is 7.45. The van der Waals surface area contributed by atoms with Gasteiger partial charge < -0.3 is 28.8 Å². The maximum Gasteiger partial charge on any atom is 0.268 e. The Hall–Kier alpha value is -1.28. The molecule has 0 aromatic heterocycles. The van der Waals surface area contributed by atoms with Crippen LogP contribution in [-0.2, 0) is 18.4 Å². The average molecular weight is 1080 g/mol. The number of rotatable bonds is 61. The predicted molar refractivity (Wildman–Crippen MR) is 325 cm³/mol. The topological polar surface area (TPSA) is 108 Å². The minimum Gasteiger partial charge on any atom is -0.756 e. The lowest BCUT2D eigenvalue weighted by atomic mass is 10.0. The first-order chi connectivity index (χ1) is 36.5. The largest absolute Gasteiger partial charge is 0.756 e. The van der Waals surface area contributed by atoms with Crippen molar-refractivity contribution in [1.82, 2.24) is 5.32 Å². The minimum absolute atomic E-state index is 0.00732. The molecule has 8 nitrogen and oxygen atoms in total. The zero-order chi connectivity index (χ0) is 54.9. The van der Waals surface area contributed by atoms with Crippen molar-refractivity contribution in [3.63, 3.8) is 0 Å². The number of likely N-dealkylation sites (N-methyl/N-ethyl adjacent to an activating group) is 1. The first-order valence-electron chi connectivity index (χ1n) is 32.9. The van der Waals surface area contributed by atoms with Gasteiger partial charge in [-0.05, 0) is 44.9 Å². The fourth-order valence-corrected chi connectivity index (χ4v) is 10.7. The second kappa shape index (κ2) is 57.4. The van der Waals surface area contributed by atoms with E-state index < -0.39 is 26.6 Å². The number of carbonyl (C=O) groups is 1. The lowest BCUT2D eigenvalue weighted by Gasteiger charge is -2.29. The van der Waals surface area contributed by atoms with Gasteiger partial charge in [0.05, 0.1) is 39.9 Å². The summed E-state index contributed by atoms with van der Waals surface area (Å²) in [4.78, 5) is 25.5. The van der Waals surface area contributed by atoms with Crippen LogP contribution in [0.5, 0.6) is 0 Å². The Morgan fingerprint density at radius 1 is 0.453 bits per heavy atom. The summed E-state index contributed by atoms with van der Waals surface area (Å²) < 4.78 is 23.4. The molecule has 3 unspecified atom stereocenters. The molecule has 0 bridgehead atoms. The fraction of sp³-hybridized carbons (Fsp3) is 0.894. The number of nitrogens with one attached hydrogen (secondary N) is 1. The van der Waals surface area contributed by atoms with Crippen molar-refractivity contribution < 1.29 is 32.9 Å². The molecular weight excluding hydrogens is 948 g/mol. The molecule has 444 valence electrons. The number of quaternary nitrogens is 1. The molecule has 0 saturated carbocycles. The summed E-state index contributed by atoms with van der Waals surface area (Å²) in [5.41, 5.74) is 0. The van der Waals surface area contributed by atoms with Gasteiger partial charge in [0.25, 0.3) is 7.82 Å². The lowest BCUT2D eigenvalue weighted by molar-refractivity contribution is -0.870. The molecule has 0 heterocycles. The summed E-state index contributed by atoms with van der Waals surface area (Å²) >= 11 is 0. The van der Waals surface area contributed by atoms with Gasteiger partial charge in [0, 0.05) is 6.42 Å². The summed E-state index contributed by atoms with van der Waals surface area (Å²) in [6.45, 7) is 4.66. The van der Waals surface area contributed by atoms with Crippen LogP contribution in [0.2, 0.25) is 0 Å². The van der Waals surface area contributed by atoms with E-state index in [-0.39, 0.29) is 12.5 Å². The second-order valence-corrected chi connectivity index (χ2v) is 25.2. The van der Waals surface area contributed by atoms with Gasteiger partial charge in [-0.25, -0.2) is 0 Å². The molecule has 0 rings (SSSR count). The SMILES string of the molecule is CCCCCCCCCC/C=C/CC/C=C/CC/C=C/C(O)C(COP(=O)([O-])OCC[N+](C)(C)C)NC(=O)CCCCCCCCCCCCCCCCCCCCCCCCCCCCCCCCCCCCC. The average Bonchev–Trinajstić information content (AvgIpc) is 3.37. The number of phosphoric ester groups is 1. The number of nitrogens with zero attached hydrogens (tertiary/aromatic N) is 1. The summed E-state index contributed by atoms with van der Waals surface area (Å²) in [5.74, 6) is -0.205. The molecule has 0 aromatic carbocycles. The molecule has 0 saturated heterocycles. The lowest BCUT2D eigenvalue weighted by Crippen LogP contribution is -2.45. The van der Waals surface area contributed by atoms with Crippen LogP contribution in [0.15, 0.2) is 36.5 Å². The van der Waals surface area contributed by atoms with E-state index in [9.17, 15) is 19.4 Å². The maximum absolute atomic E-state index is 13.0. The van der Waals surface area contributed by atoms with E-state index in [4.69, 9.17) is 9.05 Å². The highest BCUT2D eigenvalue weighted by atomic mass is 31.2. The molecule has 1 amide bonds. The summed E-state index contributed by atoms with van der Waals surface area (Å²) in [7, 11) is 1.25. The standard InChI is InChI=1S/C66H129N2O6P/c1-6-8-10-12-14-16-18-20-22-24-26-27-28-29-30-31-32-33-34-35-36-37-38-39-40-41-42-44-46-48-50-52-54-56-58-60-66(70)67-64(63-74-75(71,72)73-62-61-68(3,4)5)65(69)59-57-55-53-51-49-47-45-43-25-23-21-19-17-15-13-11-9-7-2/h25,43,49,51,57,59,64-65,69H,6-24,26-42,44-48,50,52-56,58,60-63H2,1-5H3,(H-,67,70,71,72)/b43-25+,51-49+,59-57+. The Labute approximate surface area is 467 Å². The third-order valence-corrected chi connectivity index (χ3v) is 16.0. The second-order valence-electron chi connectivity index (χ2n) is 23.8. The van der Waals surface area contributed by atoms with Crippen LogP contribution in [-0.4, -0.2) is 68.5 Å². The molecule has 2 N–H and O–H groups in total. The number of aliphatic hydroxyl groups excluding tert-OH is 1. The van der Waals surface area contributed by atoms with E-state index in [1.54, 1.807) is 6.08 Å². The molecule has 75 heavy (non-hydrogen) atoms. The number of allylic oxidation sites excluding steroid dienone is 5. The number of carbonyl (C=O) groups excluding carboxylic acids is 1. The van der Waals surface area contributed by atoms with Crippen LogP contribution >= 0.6 is 7.82 Å². The normalized spacial score (nSPS) is 14.0. The molecule has 0 aromatic rings. The Morgan fingerprint density at radius 3 is 1.08 bits per heavy atom. The van der Waals surface area contributed by atoms with Crippen molar-refractivity contribution in [1.29, 1.82) is 0 Å². The van der Waals surface area contributed by atoms with Gasteiger partial charge in [0.1, 0.15) is 13.2 Å². The molecule has 0 aliphatic rings.